The summed E-state index contributed by atoms with van der Waals surface area (Å²) in [6.07, 6.45) is 3.30. The van der Waals surface area contributed by atoms with Gasteiger partial charge in [-0.1, -0.05) is 13.8 Å². The first-order valence-electron chi connectivity index (χ1n) is 5.78. The Hall–Kier alpha value is -1.07. The molecule has 16 heavy (non-hydrogen) atoms. The van der Waals surface area contributed by atoms with Crippen molar-refractivity contribution in [3.63, 3.8) is 0 Å². The molecular weight excluding hydrogens is 204 g/mol. The van der Waals surface area contributed by atoms with Gasteiger partial charge in [0.15, 0.2) is 0 Å². The fraction of sp³-hybridized carbons (Fsp3) is 0.727. The van der Waals surface area contributed by atoms with Gasteiger partial charge in [-0.15, -0.1) is 0 Å². The summed E-state index contributed by atoms with van der Waals surface area (Å²) in [5.74, 6) is 0. The van der Waals surface area contributed by atoms with Crippen LogP contribution in [0.3, 0.4) is 0 Å². The van der Waals surface area contributed by atoms with E-state index < -0.39 is 0 Å². The van der Waals surface area contributed by atoms with Crippen LogP contribution in [-0.2, 0) is 7.05 Å². The number of hydrogen-bond acceptors (Lipinski definition) is 4. The van der Waals surface area contributed by atoms with Crippen LogP contribution in [0.2, 0.25) is 0 Å². The summed E-state index contributed by atoms with van der Waals surface area (Å²) in [5.41, 5.74) is 0.945. The largest absolute Gasteiger partial charge is 0.390 e. The van der Waals surface area contributed by atoms with Gasteiger partial charge < -0.3 is 15.3 Å². The van der Waals surface area contributed by atoms with E-state index >= 15 is 0 Å². The first-order chi connectivity index (χ1) is 7.65. The lowest BCUT2D eigenvalue weighted by atomic mass is 10.3. The molecule has 0 bridgehead atoms. The third kappa shape index (κ3) is 4.20. The molecule has 1 atom stereocenters. The van der Waals surface area contributed by atoms with Gasteiger partial charge in [-0.2, -0.15) is 5.10 Å². The minimum Gasteiger partial charge on any atom is -0.390 e. The molecule has 1 aromatic heterocycles. The number of nitrogens with zero attached hydrogens (tertiary/aromatic N) is 3. The Bertz CT molecular complexity index is 296. The SMILES string of the molecule is CCN(CC)CC(O)CNc1cnn(C)c1. The lowest BCUT2D eigenvalue weighted by Gasteiger charge is -2.21. The zero-order chi connectivity index (χ0) is 12.0. The molecular formula is C11H22N4O. The van der Waals surface area contributed by atoms with Crippen LogP contribution in [0.4, 0.5) is 5.69 Å². The molecule has 0 fully saturated rings. The number of likely N-dealkylation sites (N-methyl/N-ethyl adjacent to an activating group) is 1. The maximum Gasteiger partial charge on any atom is 0.0839 e. The minimum absolute atomic E-state index is 0.347. The standard InChI is InChI=1S/C11H22N4O/c1-4-15(5-2)9-11(16)7-12-10-6-13-14(3)8-10/h6,8,11-12,16H,4-5,7,9H2,1-3H3. The predicted octanol–water partition coefficient (Wildman–Crippen LogP) is 0.535. The predicted molar refractivity (Wildman–Crippen MR) is 65.5 cm³/mol. The Labute approximate surface area is 97.1 Å². The highest BCUT2D eigenvalue weighted by Gasteiger charge is 2.08. The van der Waals surface area contributed by atoms with E-state index in [1.165, 1.54) is 0 Å². The third-order valence-electron chi connectivity index (χ3n) is 2.61. The molecule has 5 nitrogen and oxygen atoms in total. The minimum atomic E-state index is -0.347. The Kier molecular flexibility index (Phi) is 5.28. The van der Waals surface area contributed by atoms with Crippen molar-refractivity contribution in [3.05, 3.63) is 12.4 Å². The summed E-state index contributed by atoms with van der Waals surface area (Å²) in [4.78, 5) is 2.20. The zero-order valence-electron chi connectivity index (χ0n) is 10.3. The van der Waals surface area contributed by atoms with Crippen LogP contribution < -0.4 is 5.32 Å². The molecule has 1 heterocycles. The monoisotopic (exact) mass is 226 g/mol. The van der Waals surface area contributed by atoms with Gasteiger partial charge in [0.05, 0.1) is 18.0 Å². The van der Waals surface area contributed by atoms with E-state index in [0.29, 0.717) is 13.1 Å². The molecule has 0 spiro atoms. The second kappa shape index (κ2) is 6.50. The highest BCUT2D eigenvalue weighted by atomic mass is 16.3. The number of aryl methyl sites for hydroxylation is 1. The fourth-order valence-corrected chi connectivity index (χ4v) is 1.59. The number of aliphatic hydroxyl groups excluding tert-OH is 1. The molecule has 0 saturated carbocycles. The smallest absolute Gasteiger partial charge is 0.0839 e. The third-order valence-corrected chi connectivity index (χ3v) is 2.61. The molecule has 0 saturated heterocycles. The van der Waals surface area contributed by atoms with Gasteiger partial charge in [0.1, 0.15) is 0 Å². The van der Waals surface area contributed by atoms with Crippen LogP contribution in [0.5, 0.6) is 0 Å². The number of aromatic nitrogens is 2. The second-order valence-electron chi connectivity index (χ2n) is 3.92. The van der Waals surface area contributed by atoms with E-state index in [9.17, 15) is 5.11 Å². The first-order valence-corrected chi connectivity index (χ1v) is 5.78. The Balaban J connectivity index is 2.26. The molecule has 2 N–H and O–H groups in total. The Morgan fingerprint density at radius 2 is 2.19 bits per heavy atom. The molecule has 1 aromatic rings. The van der Waals surface area contributed by atoms with Crippen molar-refractivity contribution in [2.75, 3.05) is 31.5 Å². The maximum absolute atomic E-state index is 9.82. The maximum atomic E-state index is 9.82. The van der Waals surface area contributed by atoms with Crippen molar-refractivity contribution < 1.29 is 5.11 Å². The lowest BCUT2D eigenvalue weighted by molar-refractivity contribution is 0.128. The summed E-state index contributed by atoms with van der Waals surface area (Å²) < 4.78 is 1.74. The van der Waals surface area contributed by atoms with Crippen LogP contribution in [-0.4, -0.2) is 52.1 Å². The number of nitrogens with one attached hydrogen (secondary N) is 1. The summed E-state index contributed by atoms with van der Waals surface area (Å²) in [6, 6.07) is 0. The molecule has 0 aliphatic heterocycles. The first kappa shape index (κ1) is 13.0. The molecule has 5 heteroatoms. The van der Waals surface area contributed by atoms with Gasteiger partial charge in [0.25, 0.3) is 0 Å². The molecule has 0 aromatic carbocycles. The molecule has 0 radical (unpaired) electrons. The van der Waals surface area contributed by atoms with E-state index in [2.05, 4.69) is 29.2 Å². The van der Waals surface area contributed by atoms with E-state index in [-0.39, 0.29) is 6.10 Å². The number of rotatable bonds is 7. The number of anilines is 1. The van der Waals surface area contributed by atoms with Gasteiger partial charge in [0.2, 0.25) is 0 Å². The summed E-state index contributed by atoms with van der Waals surface area (Å²) in [5, 5.41) is 17.0. The van der Waals surface area contributed by atoms with E-state index in [0.717, 1.165) is 18.8 Å². The van der Waals surface area contributed by atoms with Crippen LogP contribution >= 0.6 is 0 Å². The van der Waals surface area contributed by atoms with Gasteiger partial charge in [-0.25, -0.2) is 0 Å². The molecule has 1 unspecified atom stereocenters. The van der Waals surface area contributed by atoms with Crippen molar-refractivity contribution in [3.8, 4) is 0 Å². The molecule has 0 aliphatic carbocycles. The average Bonchev–Trinajstić information content (AvgIpc) is 2.69. The number of aliphatic hydroxyl groups is 1. The number of hydrogen-bond donors (Lipinski definition) is 2. The van der Waals surface area contributed by atoms with Crippen molar-refractivity contribution in [1.29, 1.82) is 0 Å². The van der Waals surface area contributed by atoms with Crippen LogP contribution in [0.15, 0.2) is 12.4 Å². The molecule has 1 rings (SSSR count). The molecule has 92 valence electrons. The van der Waals surface area contributed by atoms with Crippen molar-refractivity contribution in [1.82, 2.24) is 14.7 Å². The molecule has 0 aliphatic rings. The van der Waals surface area contributed by atoms with Crippen molar-refractivity contribution in [2.24, 2.45) is 7.05 Å². The van der Waals surface area contributed by atoms with Crippen molar-refractivity contribution in [2.45, 2.75) is 20.0 Å². The molecule has 0 amide bonds. The van der Waals surface area contributed by atoms with Gasteiger partial charge in [0, 0.05) is 26.3 Å². The normalized spacial score (nSPS) is 13.1. The van der Waals surface area contributed by atoms with Gasteiger partial charge in [-0.3, -0.25) is 4.68 Å². The zero-order valence-corrected chi connectivity index (χ0v) is 10.3. The Morgan fingerprint density at radius 3 is 2.69 bits per heavy atom. The van der Waals surface area contributed by atoms with Crippen molar-refractivity contribution >= 4 is 5.69 Å². The van der Waals surface area contributed by atoms with Crippen LogP contribution in [0.25, 0.3) is 0 Å². The van der Waals surface area contributed by atoms with Gasteiger partial charge in [-0.05, 0) is 13.1 Å². The van der Waals surface area contributed by atoms with E-state index in [1.807, 2.05) is 13.2 Å². The fourth-order valence-electron chi connectivity index (χ4n) is 1.59. The second-order valence-corrected chi connectivity index (χ2v) is 3.92. The summed E-state index contributed by atoms with van der Waals surface area (Å²) in [7, 11) is 1.87. The summed E-state index contributed by atoms with van der Waals surface area (Å²) >= 11 is 0. The van der Waals surface area contributed by atoms with E-state index in [4.69, 9.17) is 0 Å². The topological polar surface area (TPSA) is 53.3 Å². The van der Waals surface area contributed by atoms with Gasteiger partial charge >= 0.3 is 0 Å². The highest BCUT2D eigenvalue weighted by molar-refractivity contribution is 5.37. The van der Waals surface area contributed by atoms with E-state index in [1.54, 1.807) is 10.9 Å². The van der Waals surface area contributed by atoms with Crippen LogP contribution in [0, 0.1) is 0 Å². The summed E-state index contributed by atoms with van der Waals surface area (Å²) in [6.45, 7) is 7.42. The quantitative estimate of drug-likeness (QED) is 0.712. The lowest BCUT2D eigenvalue weighted by Crippen LogP contribution is -2.35. The highest BCUT2D eigenvalue weighted by Crippen LogP contribution is 2.03. The average molecular weight is 226 g/mol. The Morgan fingerprint density at radius 1 is 1.50 bits per heavy atom. The van der Waals surface area contributed by atoms with Crippen LogP contribution in [0.1, 0.15) is 13.8 Å².